The number of nitrogens with two attached hydrogens (primary N) is 1. The van der Waals surface area contributed by atoms with Crippen molar-refractivity contribution in [1.29, 1.82) is 0 Å². The van der Waals surface area contributed by atoms with Gasteiger partial charge in [0.15, 0.2) is 0 Å². The molecular formula is C12H19N3O2. The first-order valence-electron chi connectivity index (χ1n) is 5.75. The number of nitrogens with one attached hydrogen (secondary N) is 2. The van der Waals surface area contributed by atoms with Crippen molar-refractivity contribution >= 4 is 5.91 Å². The van der Waals surface area contributed by atoms with Gasteiger partial charge in [-0.25, -0.2) is 0 Å². The van der Waals surface area contributed by atoms with Gasteiger partial charge in [-0.3, -0.25) is 9.59 Å². The second-order valence-corrected chi connectivity index (χ2v) is 4.33. The smallest absolute Gasteiger partial charge is 0.268 e. The molecule has 0 aromatic carbocycles. The molecular weight excluding hydrogens is 218 g/mol. The van der Waals surface area contributed by atoms with E-state index in [4.69, 9.17) is 5.73 Å². The molecule has 1 aromatic rings. The van der Waals surface area contributed by atoms with Crippen molar-refractivity contribution in [3.63, 3.8) is 0 Å². The van der Waals surface area contributed by atoms with Crippen molar-refractivity contribution in [3.05, 3.63) is 34.2 Å². The van der Waals surface area contributed by atoms with Crippen LogP contribution in [0.4, 0.5) is 0 Å². The van der Waals surface area contributed by atoms with Crippen LogP contribution in [0.1, 0.15) is 30.8 Å². The summed E-state index contributed by atoms with van der Waals surface area (Å²) in [6.07, 6.45) is 0.723. The maximum Gasteiger partial charge on any atom is 0.268 e. The fourth-order valence-electron chi connectivity index (χ4n) is 1.58. The fraction of sp³-hybridized carbons (Fsp3) is 0.500. The summed E-state index contributed by atoms with van der Waals surface area (Å²) in [6.45, 7) is 4.57. The van der Waals surface area contributed by atoms with Gasteiger partial charge in [-0.05, 0) is 24.9 Å². The summed E-state index contributed by atoms with van der Waals surface area (Å²) in [6, 6.07) is 4.53. The number of carbonyl (C=O) groups excluding carboxylic acids is 1. The first-order chi connectivity index (χ1) is 8.04. The number of carbonyl (C=O) groups is 1. The van der Waals surface area contributed by atoms with Crippen LogP contribution in [0, 0.1) is 5.92 Å². The summed E-state index contributed by atoms with van der Waals surface area (Å²) in [4.78, 5) is 25.4. The Labute approximate surface area is 100 Å². The topological polar surface area (TPSA) is 88.0 Å². The van der Waals surface area contributed by atoms with Crippen LogP contribution >= 0.6 is 0 Å². The molecule has 1 unspecified atom stereocenters. The van der Waals surface area contributed by atoms with Gasteiger partial charge in [0.05, 0.1) is 0 Å². The van der Waals surface area contributed by atoms with Gasteiger partial charge in [-0.15, -0.1) is 0 Å². The maximum absolute atomic E-state index is 11.9. The molecule has 1 rings (SSSR count). The van der Waals surface area contributed by atoms with Crippen LogP contribution in [0.25, 0.3) is 0 Å². The highest BCUT2D eigenvalue weighted by Crippen LogP contribution is 2.06. The molecule has 5 nitrogen and oxygen atoms in total. The highest BCUT2D eigenvalue weighted by atomic mass is 16.2. The van der Waals surface area contributed by atoms with E-state index in [1.54, 1.807) is 12.1 Å². The van der Waals surface area contributed by atoms with E-state index in [1.807, 2.05) is 13.8 Å². The molecule has 1 aromatic heterocycles. The lowest BCUT2D eigenvalue weighted by Crippen LogP contribution is -2.40. The maximum atomic E-state index is 11.9. The zero-order valence-electron chi connectivity index (χ0n) is 10.2. The number of amides is 1. The molecule has 1 heterocycles. The summed E-state index contributed by atoms with van der Waals surface area (Å²) in [5, 5.41) is 2.87. The van der Waals surface area contributed by atoms with E-state index < -0.39 is 0 Å². The molecule has 5 heteroatoms. The molecule has 0 fully saturated rings. The minimum Gasteiger partial charge on any atom is -0.348 e. The van der Waals surface area contributed by atoms with E-state index in [0.717, 1.165) is 6.42 Å². The number of H-pyrrole nitrogens is 1. The standard InChI is InChI=1S/C12H19N3O2/c1-8(2)9(6-7-13)15-12(17)10-4-3-5-11(16)14-10/h3-5,8-9H,6-7,13H2,1-2H3,(H,14,16)(H,15,17). The van der Waals surface area contributed by atoms with Gasteiger partial charge in [0.1, 0.15) is 5.69 Å². The lowest BCUT2D eigenvalue weighted by atomic mass is 10.0. The number of hydrogen-bond acceptors (Lipinski definition) is 3. The second-order valence-electron chi connectivity index (χ2n) is 4.33. The molecule has 17 heavy (non-hydrogen) atoms. The summed E-state index contributed by atoms with van der Waals surface area (Å²) in [5.41, 5.74) is 5.49. The van der Waals surface area contributed by atoms with E-state index in [-0.39, 0.29) is 23.2 Å². The van der Waals surface area contributed by atoms with Crippen molar-refractivity contribution in [2.45, 2.75) is 26.3 Å². The van der Waals surface area contributed by atoms with E-state index >= 15 is 0 Å². The molecule has 0 spiro atoms. The molecule has 0 aliphatic heterocycles. The lowest BCUT2D eigenvalue weighted by molar-refractivity contribution is 0.0918. The molecule has 1 atom stereocenters. The van der Waals surface area contributed by atoms with Crippen LogP contribution in [-0.2, 0) is 0 Å². The van der Waals surface area contributed by atoms with Crippen molar-refractivity contribution in [1.82, 2.24) is 10.3 Å². The SMILES string of the molecule is CC(C)C(CCN)NC(=O)c1cccc(=O)[nH]1. The molecule has 0 saturated heterocycles. The molecule has 94 valence electrons. The third-order valence-electron chi connectivity index (χ3n) is 2.61. The Morgan fingerprint density at radius 1 is 1.47 bits per heavy atom. The summed E-state index contributed by atoms with van der Waals surface area (Å²) < 4.78 is 0. The minimum atomic E-state index is -0.280. The van der Waals surface area contributed by atoms with Crippen molar-refractivity contribution < 1.29 is 4.79 Å². The Bertz CT molecular complexity index is 426. The Balaban J connectivity index is 2.73. The van der Waals surface area contributed by atoms with Crippen LogP contribution in [-0.4, -0.2) is 23.5 Å². The third-order valence-corrected chi connectivity index (χ3v) is 2.61. The normalized spacial score (nSPS) is 12.5. The summed E-state index contributed by atoms with van der Waals surface area (Å²) >= 11 is 0. The van der Waals surface area contributed by atoms with Gasteiger partial charge in [-0.2, -0.15) is 0 Å². The van der Waals surface area contributed by atoms with E-state index in [1.165, 1.54) is 6.07 Å². The third kappa shape index (κ3) is 4.03. The summed E-state index contributed by atoms with van der Waals surface area (Å²) in [5.74, 6) is 0.0350. The van der Waals surface area contributed by atoms with Crippen molar-refractivity contribution in [2.24, 2.45) is 11.7 Å². The van der Waals surface area contributed by atoms with Crippen LogP contribution in [0.2, 0.25) is 0 Å². The molecule has 4 N–H and O–H groups in total. The molecule has 0 bridgehead atoms. The van der Waals surface area contributed by atoms with Gasteiger partial charge < -0.3 is 16.0 Å². The Hall–Kier alpha value is -1.62. The average molecular weight is 237 g/mol. The number of aromatic nitrogens is 1. The minimum absolute atomic E-state index is 0.0243. The van der Waals surface area contributed by atoms with Crippen LogP contribution in [0.5, 0.6) is 0 Å². The zero-order valence-corrected chi connectivity index (χ0v) is 10.2. The highest BCUT2D eigenvalue weighted by Gasteiger charge is 2.16. The van der Waals surface area contributed by atoms with Gasteiger partial charge in [0, 0.05) is 12.1 Å². The van der Waals surface area contributed by atoms with E-state index in [0.29, 0.717) is 12.5 Å². The van der Waals surface area contributed by atoms with Crippen LogP contribution in [0.3, 0.4) is 0 Å². The van der Waals surface area contributed by atoms with E-state index in [9.17, 15) is 9.59 Å². The highest BCUT2D eigenvalue weighted by molar-refractivity contribution is 5.92. The van der Waals surface area contributed by atoms with Gasteiger partial charge in [-0.1, -0.05) is 19.9 Å². The Morgan fingerprint density at radius 2 is 2.18 bits per heavy atom. The molecule has 0 saturated carbocycles. The average Bonchev–Trinajstić information content (AvgIpc) is 2.28. The number of rotatable bonds is 5. The molecule has 0 aliphatic carbocycles. The Morgan fingerprint density at radius 3 is 2.71 bits per heavy atom. The predicted octanol–water partition coefficient (Wildman–Crippen LogP) is 0.478. The summed E-state index contributed by atoms with van der Waals surface area (Å²) in [7, 11) is 0. The Kier molecular flexibility index (Phi) is 4.90. The second kappa shape index (κ2) is 6.20. The van der Waals surface area contributed by atoms with Gasteiger partial charge in [0.25, 0.3) is 5.91 Å². The van der Waals surface area contributed by atoms with Gasteiger partial charge in [0.2, 0.25) is 5.56 Å². The molecule has 0 aliphatic rings. The first-order valence-corrected chi connectivity index (χ1v) is 5.75. The van der Waals surface area contributed by atoms with Crippen molar-refractivity contribution in [3.8, 4) is 0 Å². The van der Waals surface area contributed by atoms with Gasteiger partial charge >= 0.3 is 0 Å². The fourth-order valence-corrected chi connectivity index (χ4v) is 1.58. The number of pyridine rings is 1. The van der Waals surface area contributed by atoms with Crippen LogP contribution in [0.15, 0.2) is 23.0 Å². The molecule has 1 amide bonds. The van der Waals surface area contributed by atoms with Crippen LogP contribution < -0.4 is 16.6 Å². The zero-order chi connectivity index (χ0) is 12.8. The number of hydrogen-bond donors (Lipinski definition) is 3. The first kappa shape index (κ1) is 13.4. The monoisotopic (exact) mass is 237 g/mol. The van der Waals surface area contributed by atoms with E-state index in [2.05, 4.69) is 10.3 Å². The van der Waals surface area contributed by atoms with Crippen molar-refractivity contribution in [2.75, 3.05) is 6.54 Å². The lowest BCUT2D eigenvalue weighted by Gasteiger charge is -2.21. The largest absolute Gasteiger partial charge is 0.348 e. The predicted molar refractivity (Wildman–Crippen MR) is 66.8 cm³/mol. The quantitative estimate of drug-likeness (QED) is 0.696. The number of aromatic amines is 1. The molecule has 0 radical (unpaired) electrons.